The van der Waals surface area contributed by atoms with Gasteiger partial charge in [0.05, 0.1) is 4.90 Å². The molecule has 0 aromatic heterocycles. The molecule has 1 aromatic rings. The Morgan fingerprint density at radius 3 is 2.39 bits per heavy atom. The van der Waals surface area contributed by atoms with E-state index in [2.05, 4.69) is 16.6 Å². The van der Waals surface area contributed by atoms with Crippen molar-refractivity contribution in [2.45, 2.75) is 56.4 Å². The van der Waals surface area contributed by atoms with Crippen molar-refractivity contribution >= 4 is 15.9 Å². The second-order valence-corrected chi connectivity index (χ2v) is 10.9. The Balaban J connectivity index is 1.51. The molecule has 5 nitrogen and oxygen atoms in total. The quantitative estimate of drug-likeness (QED) is 0.686. The molecular weight excluding hydrogens is 372 g/mol. The molecule has 1 amide bonds. The molecule has 4 saturated carbocycles. The first-order valence-corrected chi connectivity index (χ1v) is 11.8. The van der Waals surface area contributed by atoms with Gasteiger partial charge in [-0.25, -0.2) is 13.1 Å². The van der Waals surface area contributed by atoms with Crippen LogP contribution in [-0.2, 0) is 10.0 Å². The van der Waals surface area contributed by atoms with Crippen molar-refractivity contribution in [3.63, 3.8) is 0 Å². The van der Waals surface area contributed by atoms with Crippen molar-refractivity contribution in [2.24, 2.45) is 23.2 Å². The van der Waals surface area contributed by atoms with E-state index < -0.39 is 10.0 Å². The second-order valence-electron chi connectivity index (χ2n) is 9.15. The Bertz CT molecular complexity index is 842. The van der Waals surface area contributed by atoms with Gasteiger partial charge in [-0.1, -0.05) is 12.1 Å². The lowest BCUT2D eigenvalue weighted by Gasteiger charge is -2.59. The Hall–Kier alpha value is -1.66. The molecule has 1 aromatic carbocycles. The van der Waals surface area contributed by atoms with Crippen molar-refractivity contribution in [2.75, 3.05) is 6.54 Å². The second kappa shape index (κ2) is 7.30. The fourth-order valence-corrected chi connectivity index (χ4v) is 7.60. The Kier molecular flexibility index (Phi) is 5.12. The average Bonchev–Trinajstić information content (AvgIpc) is 2.65. The van der Waals surface area contributed by atoms with Crippen molar-refractivity contribution in [1.29, 1.82) is 0 Å². The van der Waals surface area contributed by atoms with E-state index in [-0.39, 0.29) is 22.3 Å². The maximum Gasteiger partial charge on any atom is 0.251 e. The largest absolute Gasteiger partial charge is 0.349 e. The van der Waals surface area contributed by atoms with Crippen LogP contribution in [0.1, 0.15) is 55.8 Å². The predicted molar refractivity (Wildman–Crippen MR) is 109 cm³/mol. The molecule has 4 bridgehead atoms. The van der Waals surface area contributed by atoms with Crippen LogP contribution < -0.4 is 10.0 Å². The summed E-state index contributed by atoms with van der Waals surface area (Å²) in [5, 5.41) is 2.68. The normalized spacial score (nSPS) is 32.1. The smallest absolute Gasteiger partial charge is 0.251 e. The highest BCUT2D eigenvalue weighted by Gasteiger charge is 2.53. The summed E-state index contributed by atoms with van der Waals surface area (Å²) >= 11 is 0. The summed E-state index contributed by atoms with van der Waals surface area (Å²) in [6.07, 6.45) is 9.03. The van der Waals surface area contributed by atoms with Gasteiger partial charge in [-0.2, -0.15) is 0 Å². The van der Waals surface area contributed by atoms with Crippen LogP contribution in [0.5, 0.6) is 0 Å². The summed E-state index contributed by atoms with van der Waals surface area (Å²) in [6.45, 7) is 5.95. The van der Waals surface area contributed by atoms with E-state index in [0.29, 0.717) is 12.1 Å². The van der Waals surface area contributed by atoms with Crippen LogP contribution in [0.2, 0.25) is 0 Å². The minimum absolute atomic E-state index is 0.0934. The summed E-state index contributed by atoms with van der Waals surface area (Å²) in [7, 11) is -3.68. The number of nitrogens with one attached hydrogen (secondary N) is 2. The van der Waals surface area contributed by atoms with Gasteiger partial charge in [-0.05, 0) is 86.8 Å². The van der Waals surface area contributed by atoms with Crippen LogP contribution in [0, 0.1) is 23.2 Å². The standard InChI is InChI=1S/C22H30N2O3S/c1-3-7-23-21(25)19-5-4-6-20(11-19)28(26,27)24-15(2)22-12-16-8-17(13-22)10-18(9-16)14-22/h3-6,11,15-18,24H,1,7-10,12-14H2,2H3,(H,23,25)/t15-,16?,17?,18?,22?/m1/s1. The van der Waals surface area contributed by atoms with Gasteiger partial charge in [0.2, 0.25) is 10.0 Å². The van der Waals surface area contributed by atoms with Gasteiger partial charge in [0, 0.05) is 18.2 Å². The topological polar surface area (TPSA) is 75.3 Å². The van der Waals surface area contributed by atoms with Crippen LogP contribution in [-0.4, -0.2) is 26.9 Å². The molecular formula is C22H30N2O3S. The Morgan fingerprint density at radius 1 is 1.21 bits per heavy atom. The molecule has 0 radical (unpaired) electrons. The van der Waals surface area contributed by atoms with Crippen molar-refractivity contribution < 1.29 is 13.2 Å². The van der Waals surface area contributed by atoms with Crippen molar-refractivity contribution in [3.8, 4) is 0 Å². The zero-order valence-electron chi connectivity index (χ0n) is 16.5. The van der Waals surface area contributed by atoms with E-state index in [4.69, 9.17) is 0 Å². The van der Waals surface area contributed by atoms with E-state index in [1.54, 1.807) is 24.3 Å². The number of amides is 1. The first-order chi connectivity index (χ1) is 13.3. The van der Waals surface area contributed by atoms with E-state index in [9.17, 15) is 13.2 Å². The highest BCUT2D eigenvalue weighted by atomic mass is 32.2. The van der Waals surface area contributed by atoms with E-state index in [1.165, 1.54) is 25.3 Å². The van der Waals surface area contributed by atoms with Crippen molar-refractivity contribution in [1.82, 2.24) is 10.0 Å². The van der Waals surface area contributed by atoms with E-state index in [0.717, 1.165) is 37.0 Å². The Labute approximate surface area is 168 Å². The fraction of sp³-hybridized carbons (Fsp3) is 0.591. The maximum atomic E-state index is 13.1. The minimum atomic E-state index is -3.68. The first-order valence-electron chi connectivity index (χ1n) is 10.3. The van der Waals surface area contributed by atoms with Crippen LogP contribution in [0.4, 0.5) is 0 Å². The molecule has 6 heteroatoms. The monoisotopic (exact) mass is 402 g/mol. The predicted octanol–water partition coefficient (Wildman–Crippen LogP) is 3.49. The summed E-state index contributed by atoms with van der Waals surface area (Å²) in [6, 6.07) is 6.16. The number of hydrogen-bond acceptors (Lipinski definition) is 3. The summed E-state index contributed by atoms with van der Waals surface area (Å²) in [5.41, 5.74) is 0.438. The molecule has 0 spiro atoms. The molecule has 4 aliphatic rings. The summed E-state index contributed by atoms with van der Waals surface area (Å²) in [4.78, 5) is 12.3. The molecule has 4 aliphatic carbocycles. The molecule has 0 heterocycles. The van der Waals surface area contributed by atoms with Gasteiger partial charge in [0.15, 0.2) is 0 Å². The van der Waals surface area contributed by atoms with E-state index in [1.807, 2.05) is 6.92 Å². The average molecular weight is 403 g/mol. The first kappa shape index (κ1) is 19.6. The van der Waals surface area contributed by atoms with Crippen LogP contribution in [0.15, 0.2) is 41.8 Å². The molecule has 2 N–H and O–H groups in total. The zero-order valence-corrected chi connectivity index (χ0v) is 17.3. The van der Waals surface area contributed by atoms with Crippen molar-refractivity contribution in [3.05, 3.63) is 42.5 Å². The summed E-state index contributed by atoms with van der Waals surface area (Å²) < 4.78 is 29.1. The molecule has 0 unspecified atom stereocenters. The lowest BCUT2D eigenvalue weighted by Crippen LogP contribution is -2.55. The molecule has 5 rings (SSSR count). The lowest BCUT2D eigenvalue weighted by molar-refractivity contribution is -0.0666. The third-order valence-corrected chi connectivity index (χ3v) is 8.69. The van der Waals surface area contributed by atoms with Gasteiger partial charge in [-0.15, -0.1) is 6.58 Å². The molecule has 28 heavy (non-hydrogen) atoms. The number of carbonyl (C=O) groups excluding carboxylic acids is 1. The van der Waals surface area contributed by atoms with Gasteiger partial charge >= 0.3 is 0 Å². The van der Waals surface area contributed by atoms with Gasteiger partial charge in [0.25, 0.3) is 5.91 Å². The number of carbonyl (C=O) groups is 1. The minimum Gasteiger partial charge on any atom is -0.349 e. The molecule has 0 aliphatic heterocycles. The maximum absolute atomic E-state index is 13.1. The number of benzene rings is 1. The third kappa shape index (κ3) is 3.64. The van der Waals surface area contributed by atoms with E-state index >= 15 is 0 Å². The highest BCUT2D eigenvalue weighted by molar-refractivity contribution is 7.89. The van der Waals surface area contributed by atoms with Crippen LogP contribution in [0.3, 0.4) is 0 Å². The fourth-order valence-electron chi connectivity index (χ4n) is 6.21. The number of rotatable bonds is 7. The Morgan fingerprint density at radius 2 is 1.82 bits per heavy atom. The SMILES string of the molecule is C=CCNC(=O)c1cccc(S(=O)(=O)N[C@H](C)C23CC4CC(CC(C4)C2)C3)c1. The molecule has 1 atom stereocenters. The molecule has 4 fully saturated rings. The van der Waals surface area contributed by atoms with Gasteiger partial charge in [0.1, 0.15) is 0 Å². The number of sulfonamides is 1. The summed E-state index contributed by atoms with van der Waals surface area (Å²) in [5.74, 6) is 2.02. The molecule has 0 saturated heterocycles. The highest BCUT2D eigenvalue weighted by Crippen LogP contribution is 2.61. The zero-order chi connectivity index (χ0) is 19.9. The third-order valence-electron chi connectivity index (χ3n) is 7.15. The van der Waals surface area contributed by atoms with Crippen LogP contribution >= 0.6 is 0 Å². The van der Waals surface area contributed by atoms with Crippen LogP contribution in [0.25, 0.3) is 0 Å². The number of hydrogen-bond donors (Lipinski definition) is 2. The van der Waals surface area contributed by atoms with Gasteiger partial charge in [-0.3, -0.25) is 4.79 Å². The van der Waals surface area contributed by atoms with Gasteiger partial charge < -0.3 is 5.32 Å². The molecule has 152 valence electrons. The lowest BCUT2D eigenvalue weighted by atomic mass is 9.48.